The molecule has 0 aliphatic heterocycles. The van der Waals surface area contributed by atoms with Crippen LogP contribution in [0.4, 0.5) is 0 Å². The third-order valence-electron chi connectivity index (χ3n) is 4.30. The van der Waals surface area contributed by atoms with Gasteiger partial charge in [-0.15, -0.1) is 0 Å². The van der Waals surface area contributed by atoms with Crippen LogP contribution in [0.2, 0.25) is 0 Å². The van der Waals surface area contributed by atoms with E-state index in [1.54, 1.807) is 0 Å². The summed E-state index contributed by atoms with van der Waals surface area (Å²) in [5.74, 6) is 2.75. The lowest BCUT2D eigenvalue weighted by atomic mass is 9.79. The van der Waals surface area contributed by atoms with Gasteiger partial charge in [-0.1, -0.05) is 93.4 Å². The summed E-state index contributed by atoms with van der Waals surface area (Å²) in [7, 11) is 0. The molecule has 0 radical (unpaired) electrons. The highest BCUT2D eigenvalue weighted by molar-refractivity contribution is 4.70. The van der Waals surface area contributed by atoms with Crippen molar-refractivity contribution in [3.63, 3.8) is 0 Å². The predicted octanol–water partition coefficient (Wildman–Crippen LogP) is 7.08. The van der Waals surface area contributed by atoms with Crippen LogP contribution in [0, 0.1) is 23.2 Å². The normalized spacial score (nSPS) is 15.8. The van der Waals surface area contributed by atoms with Gasteiger partial charge in [0, 0.05) is 0 Å². The highest BCUT2D eigenvalue weighted by Crippen LogP contribution is 2.31. The van der Waals surface area contributed by atoms with Crippen molar-refractivity contribution >= 4 is 0 Å². The van der Waals surface area contributed by atoms with E-state index in [1.807, 2.05) is 0 Å². The minimum absolute atomic E-state index is 0.499. The summed E-state index contributed by atoms with van der Waals surface area (Å²) in [5, 5.41) is 0. The van der Waals surface area contributed by atoms with Gasteiger partial charge in [-0.05, 0) is 29.6 Å². The first-order valence-electron chi connectivity index (χ1n) is 8.74. The first-order chi connectivity index (χ1) is 8.74. The van der Waals surface area contributed by atoms with Gasteiger partial charge in [-0.25, -0.2) is 0 Å². The molecule has 0 amide bonds. The summed E-state index contributed by atoms with van der Waals surface area (Å²) in [6.45, 7) is 16.6. The van der Waals surface area contributed by atoms with E-state index in [4.69, 9.17) is 0 Å². The molecule has 2 unspecified atom stereocenters. The molecule has 0 fully saturated rings. The van der Waals surface area contributed by atoms with Crippen molar-refractivity contribution in [2.24, 2.45) is 23.2 Å². The van der Waals surface area contributed by atoms with E-state index in [2.05, 4.69) is 48.5 Å². The Morgan fingerprint density at radius 2 is 1.32 bits per heavy atom. The number of rotatable bonds is 10. The van der Waals surface area contributed by atoms with E-state index in [-0.39, 0.29) is 0 Å². The Hall–Kier alpha value is 0. The zero-order valence-corrected chi connectivity index (χ0v) is 14.9. The smallest absolute Gasteiger partial charge is 0.0380 e. The molecule has 0 saturated carbocycles. The Morgan fingerprint density at radius 3 is 1.74 bits per heavy atom. The van der Waals surface area contributed by atoms with Crippen LogP contribution in [0.25, 0.3) is 0 Å². The fourth-order valence-corrected chi connectivity index (χ4v) is 2.99. The molecule has 19 heavy (non-hydrogen) atoms. The third-order valence-corrected chi connectivity index (χ3v) is 4.30. The molecule has 0 N–H and O–H groups in total. The van der Waals surface area contributed by atoms with Crippen LogP contribution in [-0.2, 0) is 0 Å². The third kappa shape index (κ3) is 12.8. The highest BCUT2D eigenvalue weighted by Gasteiger charge is 2.18. The molecule has 0 heteroatoms. The van der Waals surface area contributed by atoms with Crippen molar-refractivity contribution in [1.82, 2.24) is 0 Å². The molecule has 0 aromatic heterocycles. The van der Waals surface area contributed by atoms with E-state index >= 15 is 0 Å². The second-order valence-corrected chi connectivity index (χ2v) is 8.40. The Bertz CT molecular complexity index is 197. The second-order valence-electron chi connectivity index (χ2n) is 8.40. The Balaban J connectivity index is 4.03. The monoisotopic (exact) mass is 268 g/mol. The molecule has 0 spiro atoms. The minimum atomic E-state index is 0.499. The van der Waals surface area contributed by atoms with Crippen molar-refractivity contribution in [1.29, 1.82) is 0 Å². The molecular formula is C19H40. The second kappa shape index (κ2) is 9.83. The van der Waals surface area contributed by atoms with Gasteiger partial charge in [0.2, 0.25) is 0 Å². The lowest BCUT2D eigenvalue weighted by Gasteiger charge is -2.26. The van der Waals surface area contributed by atoms with Crippen LogP contribution in [0.3, 0.4) is 0 Å². The maximum Gasteiger partial charge on any atom is -0.0380 e. The molecule has 0 aliphatic rings. The zero-order chi connectivity index (χ0) is 14.9. The molecule has 116 valence electrons. The van der Waals surface area contributed by atoms with Gasteiger partial charge in [0.25, 0.3) is 0 Å². The molecule has 0 saturated heterocycles. The van der Waals surface area contributed by atoms with E-state index in [0.29, 0.717) is 5.41 Å². The summed E-state index contributed by atoms with van der Waals surface area (Å²) in [6.07, 6.45) is 11.4. The van der Waals surface area contributed by atoms with Gasteiger partial charge in [0.15, 0.2) is 0 Å². The molecule has 0 nitrogen and oxygen atoms in total. The minimum Gasteiger partial charge on any atom is -0.0651 e. The standard InChI is InChI=1S/C19H40/c1-8-17(4)12-10-14-18(15-19(5,6)7)13-9-11-16(2)3/h16-18H,8-15H2,1-7H3. The molecule has 0 heterocycles. The molecule has 0 aliphatic carbocycles. The summed E-state index contributed by atoms with van der Waals surface area (Å²) in [5.41, 5.74) is 0.499. The molecule has 2 atom stereocenters. The van der Waals surface area contributed by atoms with Crippen molar-refractivity contribution in [3.05, 3.63) is 0 Å². The topological polar surface area (TPSA) is 0 Å². The lowest BCUT2D eigenvalue weighted by Crippen LogP contribution is -2.14. The fraction of sp³-hybridized carbons (Fsp3) is 1.00. The van der Waals surface area contributed by atoms with Gasteiger partial charge in [-0.2, -0.15) is 0 Å². The van der Waals surface area contributed by atoms with Gasteiger partial charge >= 0.3 is 0 Å². The van der Waals surface area contributed by atoms with Crippen molar-refractivity contribution in [3.8, 4) is 0 Å². The van der Waals surface area contributed by atoms with Crippen molar-refractivity contribution < 1.29 is 0 Å². The van der Waals surface area contributed by atoms with Gasteiger partial charge in [0.05, 0.1) is 0 Å². The van der Waals surface area contributed by atoms with Crippen LogP contribution < -0.4 is 0 Å². The Labute approximate surface area is 123 Å². The van der Waals surface area contributed by atoms with E-state index in [1.165, 1.54) is 51.4 Å². The summed E-state index contributed by atoms with van der Waals surface area (Å²) in [6, 6.07) is 0. The number of hydrogen-bond donors (Lipinski definition) is 0. The van der Waals surface area contributed by atoms with Gasteiger partial charge in [0.1, 0.15) is 0 Å². The highest BCUT2D eigenvalue weighted by atomic mass is 14.2. The van der Waals surface area contributed by atoms with Crippen LogP contribution in [0.15, 0.2) is 0 Å². The summed E-state index contributed by atoms with van der Waals surface area (Å²) < 4.78 is 0. The largest absolute Gasteiger partial charge is 0.0651 e. The fourth-order valence-electron chi connectivity index (χ4n) is 2.99. The van der Waals surface area contributed by atoms with Crippen LogP contribution in [0.5, 0.6) is 0 Å². The number of hydrogen-bond acceptors (Lipinski definition) is 0. The average Bonchev–Trinajstić information content (AvgIpc) is 2.25. The van der Waals surface area contributed by atoms with E-state index < -0.39 is 0 Å². The van der Waals surface area contributed by atoms with Crippen molar-refractivity contribution in [2.75, 3.05) is 0 Å². The van der Waals surface area contributed by atoms with Gasteiger partial charge in [-0.3, -0.25) is 0 Å². The zero-order valence-electron chi connectivity index (χ0n) is 14.9. The Kier molecular flexibility index (Phi) is 9.83. The quantitative estimate of drug-likeness (QED) is 0.397. The van der Waals surface area contributed by atoms with Gasteiger partial charge < -0.3 is 0 Å². The summed E-state index contributed by atoms with van der Waals surface area (Å²) in [4.78, 5) is 0. The van der Waals surface area contributed by atoms with E-state index in [9.17, 15) is 0 Å². The Morgan fingerprint density at radius 1 is 0.789 bits per heavy atom. The van der Waals surface area contributed by atoms with Crippen LogP contribution >= 0.6 is 0 Å². The van der Waals surface area contributed by atoms with Crippen molar-refractivity contribution in [2.45, 2.75) is 99.8 Å². The molecule has 0 rings (SSSR count). The lowest BCUT2D eigenvalue weighted by molar-refractivity contribution is 0.254. The molecule has 0 aromatic rings. The van der Waals surface area contributed by atoms with Crippen LogP contribution in [0.1, 0.15) is 99.8 Å². The SMILES string of the molecule is CCC(C)CCCC(CCCC(C)C)CC(C)(C)C. The predicted molar refractivity (Wildman–Crippen MR) is 89.6 cm³/mol. The summed E-state index contributed by atoms with van der Waals surface area (Å²) >= 11 is 0. The van der Waals surface area contributed by atoms with Crippen LogP contribution in [-0.4, -0.2) is 0 Å². The maximum atomic E-state index is 2.40. The first kappa shape index (κ1) is 19.0. The average molecular weight is 269 g/mol. The van der Waals surface area contributed by atoms with E-state index in [0.717, 1.165) is 17.8 Å². The molecular weight excluding hydrogens is 228 g/mol. The molecule has 0 aromatic carbocycles. The maximum absolute atomic E-state index is 2.40. The molecule has 0 bridgehead atoms. The first-order valence-corrected chi connectivity index (χ1v) is 8.74.